The van der Waals surface area contributed by atoms with E-state index in [2.05, 4.69) is 34.6 Å². The molecule has 0 amide bonds. The van der Waals surface area contributed by atoms with Crippen molar-refractivity contribution in [3.05, 3.63) is 0 Å². The molecule has 0 rings (SSSR count). The van der Waals surface area contributed by atoms with E-state index in [-0.39, 0.29) is 25.7 Å². The number of rotatable bonds is 88. The first-order valence-electron chi connectivity index (χ1n) is 45.6. The number of unbranched alkanes of at least 4 members (excludes halogenated alkanes) is 60. The third-order valence-electron chi connectivity index (χ3n) is 20.8. The van der Waals surface area contributed by atoms with Crippen LogP contribution in [0.5, 0.6) is 0 Å². The summed E-state index contributed by atoms with van der Waals surface area (Å²) in [4.78, 5) is 73.3. The number of phosphoric ester groups is 2. The summed E-state index contributed by atoms with van der Waals surface area (Å²) in [6.45, 7) is 7.32. The van der Waals surface area contributed by atoms with Crippen LogP contribution in [-0.2, 0) is 65.4 Å². The Labute approximate surface area is 658 Å². The zero-order chi connectivity index (χ0) is 78.3. The summed E-state index contributed by atoms with van der Waals surface area (Å²) >= 11 is 0. The SMILES string of the molecule is CCCCCCCCCCCCCCCCCCCCCCCCC(=O)O[C@H](COC(=O)CCCCCCCCCCCCCCCCCCCC)COP(=O)(O)OC[C@@H](O)COP(=O)(O)OC[C@@H](COC(=O)CCCCCCCCCC(C)C)OC(=O)CCCCCCCCCCCCCCCCCCC. The van der Waals surface area contributed by atoms with Gasteiger partial charge in [0, 0.05) is 25.7 Å². The van der Waals surface area contributed by atoms with E-state index in [1.807, 2.05) is 0 Å². The number of carbonyl (C=O) groups excluding carboxylic acids is 4. The minimum Gasteiger partial charge on any atom is -0.462 e. The van der Waals surface area contributed by atoms with Crippen molar-refractivity contribution in [2.24, 2.45) is 5.92 Å². The highest BCUT2D eigenvalue weighted by molar-refractivity contribution is 7.47. The van der Waals surface area contributed by atoms with E-state index in [9.17, 15) is 43.2 Å². The summed E-state index contributed by atoms with van der Waals surface area (Å²) in [5, 5.41) is 10.7. The molecule has 0 radical (unpaired) electrons. The van der Waals surface area contributed by atoms with Gasteiger partial charge in [0.2, 0.25) is 0 Å². The first-order valence-corrected chi connectivity index (χ1v) is 48.6. The lowest BCUT2D eigenvalue weighted by molar-refractivity contribution is -0.161. The van der Waals surface area contributed by atoms with Crippen LogP contribution in [0.15, 0.2) is 0 Å². The Morgan fingerprint density at radius 2 is 0.430 bits per heavy atom. The summed E-state index contributed by atoms with van der Waals surface area (Å²) in [6.07, 6.45) is 75.2. The minimum atomic E-state index is -4.97. The molecule has 107 heavy (non-hydrogen) atoms. The van der Waals surface area contributed by atoms with Crippen LogP contribution >= 0.6 is 15.6 Å². The number of esters is 4. The van der Waals surface area contributed by atoms with Crippen LogP contribution in [0.25, 0.3) is 0 Å². The molecule has 636 valence electrons. The second-order valence-corrected chi connectivity index (χ2v) is 35.0. The molecule has 0 saturated carbocycles. The monoisotopic (exact) mass is 1560 g/mol. The molecule has 3 N–H and O–H groups in total. The van der Waals surface area contributed by atoms with Crippen molar-refractivity contribution in [1.29, 1.82) is 0 Å². The van der Waals surface area contributed by atoms with E-state index in [0.29, 0.717) is 31.6 Å². The van der Waals surface area contributed by atoms with E-state index in [0.717, 1.165) is 96.3 Å². The van der Waals surface area contributed by atoms with E-state index >= 15 is 0 Å². The van der Waals surface area contributed by atoms with Gasteiger partial charge in [0.05, 0.1) is 26.4 Å². The Morgan fingerprint density at radius 1 is 0.252 bits per heavy atom. The molecule has 19 heteroatoms. The lowest BCUT2D eigenvalue weighted by Gasteiger charge is -2.21. The van der Waals surface area contributed by atoms with Crippen LogP contribution in [0.2, 0.25) is 0 Å². The summed E-state index contributed by atoms with van der Waals surface area (Å²) < 4.78 is 68.9. The van der Waals surface area contributed by atoms with Gasteiger partial charge in [0.25, 0.3) is 0 Å². The Hall–Kier alpha value is -1.94. The Balaban J connectivity index is 5.21. The van der Waals surface area contributed by atoms with Crippen molar-refractivity contribution in [1.82, 2.24) is 0 Å². The number of ether oxygens (including phenoxy) is 4. The Bertz CT molecular complexity index is 2030. The average molecular weight is 1560 g/mol. The van der Waals surface area contributed by atoms with Crippen LogP contribution in [0.1, 0.15) is 478 Å². The first kappa shape index (κ1) is 105. The van der Waals surface area contributed by atoms with Crippen molar-refractivity contribution in [2.45, 2.75) is 496 Å². The number of hydrogen-bond acceptors (Lipinski definition) is 15. The largest absolute Gasteiger partial charge is 0.472 e. The zero-order valence-corrected chi connectivity index (χ0v) is 72.1. The Morgan fingerprint density at radius 3 is 0.636 bits per heavy atom. The number of hydrogen-bond donors (Lipinski definition) is 3. The lowest BCUT2D eigenvalue weighted by Crippen LogP contribution is -2.30. The second-order valence-electron chi connectivity index (χ2n) is 32.1. The van der Waals surface area contributed by atoms with Crippen LogP contribution in [0.3, 0.4) is 0 Å². The summed E-state index contributed by atoms with van der Waals surface area (Å²) in [5.41, 5.74) is 0. The van der Waals surface area contributed by atoms with Gasteiger partial charge in [-0.3, -0.25) is 37.3 Å². The lowest BCUT2D eigenvalue weighted by atomic mass is 10.0. The standard InChI is InChI=1S/C88H172O17P2/c1-6-9-12-15-18-21-24-27-30-33-35-36-37-38-41-44-47-50-53-58-64-69-73-87(92)104-83(77-98-85(90)71-66-61-56-51-48-45-42-40-34-31-28-25-22-19-16-13-10-7-2)79-102-106(94,95)100-75-82(89)76-101-107(96,97)103-80-84(78-99-86(91)72-67-62-59-54-55-60-65-70-81(4)5)105-88(93)74-68-63-57-52-49-46-43-39-32-29-26-23-20-17-14-11-8-3/h81-84,89H,6-80H2,1-5H3,(H,94,95)(H,96,97)/t82-,83-,84-/m1/s1. The molecule has 2 unspecified atom stereocenters. The van der Waals surface area contributed by atoms with E-state index in [1.54, 1.807) is 0 Å². The van der Waals surface area contributed by atoms with Gasteiger partial charge in [0.1, 0.15) is 19.3 Å². The number of phosphoric acid groups is 2. The molecule has 0 bridgehead atoms. The number of carbonyl (C=O) groups is 4. The second kappa shape index (κ2) is 80.7. The van der Waals surface area contributed by atoms with Crippen molar-refractivity contribution in [2.75, 3.05) is 39.6 Å². The highest BCUT2D eigenvalue weighted by Crippen LogP contribution is 2.45. The van der Waals surface area contributed by atoms with Gasteiger partial charge in [-0.05, 0) is 31.6 Å². The highest BCUT2D eigenvalue weighted by atomic mass is 31.2. The van der Waals surface area contributed by atoms with Crippen LogP contribution in [0, 0.1) is 5.92 Å². The smallest absolute Gasteiger partial charge is 0.462 e. The zero-order valence-electron chi connectivity index (χ0n) is 70.3. The van der Waals surface area contributed by atoms with E-state index in [1.165, 1.54) is 295 Å². The van der Waals surface area contributed by atoms with Gasteiger partial charge in [0.15, 0.2) is 12.2 Å². The van der Waals surface area contributed by atoms with Gasteiger partial charge >= 0.3 is 39.5 Å². The van der Waals surface area contributed by atoms with E-state index < -0.39 is 97.5 Å². The van der Waals surface area contributed by atoms with Crippen molar-refractivity contribution >= 4 is 39.5 Å². The fourth-order valence-electron chi connectivity index (χ4n) is 13.8. The molecule has 0 aliphatic rings. The van der Waals surface area contributed by atoms with Crippen LogP contribution in [-0.4, -0.2) is 96.7 Å². The maximum Gasteiger partial charge on any atom is 0.472 e. The average Bonchev–Trinajstić information content (AvgIpc) is 0.903. The molecule has 0 spiro atoms. The van der Waals surface area contributed by atoms with Gasteiger partial charge in [-0.2, -0.15) is 0 Å². The predicted molar refractivity (Wildman–Crippen MR) is 442 cm³/mol. The van der Waals surface area contributed by atoms with Gasteiger partial charge < -0.3 is 33.8 Å². The molecule has 0 heterocycles. The topological polar surface area (TPSA) is 237 Å². The predicted octanol–water partition coefficient (Wildman–Crippen LogP) is 27.2. The van der Waals surface area contributed by atoms with Gasteiger partial charge in [-0.15, -0.1) is 0 Å². The van der Waals surface area contributed by atoms with Crippen LogP contribution in [0.4, 0.5) is 0 Å². The molecule has 0 saturated heterocycles. The first-order chi connectivity index (χ1) is 52.0. The molecular formula is C88H172O17P2. The molecule has 0 fully saturated rings. The summed E-state index contributed by atoms with van der Waals surface area (Å²) in [6, 6.07) is 0. The maximum atomic E-state index is 13.2. The van der Waals surface area contributed by atoms with Crippen molar-refractivity contribution in [3.63, 3.8) is 0 Å². The third kappa shape index (κ3) is 81.9. The van der Waals surface area contributed by atoms with Gasteiger partial charge in [-0.1, -0.05) is 426 Å². The highest BCUT2D eigenvalue weighted by Gasteiger charge is 2.30. The quantitative estimate of drug-likeness (QED) is 0.0222. The van der Waals surface area contributed by atoms with Gasteiger partial charge in [-0.25, -0.2) is 9.13 Å². The number of aliphatic hydroxyl groups is 1. The normalized spacial score (nSPS) is 13.7. The number of aliphatic hydroxyl groups excluding tert-OH is 1. The molecule has 0 aromatic rings. The fourth-order valence-corrected chi connectivity index (χ4v) is 15.4. The molecule has 17 nitrogen and oxygen atoms in total. The van der Waals surface area contributed by atoms with Crippen LogP contribution < -0.4 is 0 Å². The Kier molecular flexibility index (Phi) is 79.2. The van der Waals surface area contributed by atoms with Crippen molar-refractivity contribution < 1.29 is 80.2 Å². The van der Waals surface area contributed by atoms with E-state index in [4.69, 9.17) is 37.0 Å². The molecule has 0 aliphatic carbocycles. The minimum absolute atomic E-state index is 0.108. The molecule has 0 aliphatic heterocycles. The third-order valence-corrected chi connectivity index (χ3v) is 22.7. The fraction of sp³-hybridized carbons (Fsp3) is 0.955. The summed E-state index contributed by atoms with van der Waals surface area (Å²) in [7, 11) is -9.93. The molecular weight excluding hydrogens is 1390 g/mol. The summed E-state index contributed by atoms with van der Waals surface area (Å²) in [5.74, 6) is -1.39. The molecule has 5 atom stereocenters. The van der Waals surface area contributed by atoms with Crippen molar-refractivity contribution in [3.8, 4) is 0 Å². The maximum absolute atomic E-state index is 13.2. The molecule has 0 aromatic heterocycles. The molecule has 0 aromatic carbocycles.